The van der Waals surface area contributed by atoms with E-state index in [0.717, 1.165) is 38.2 Å². The molecule has 4 nitrogen and oxygen atoms in total. The highest BCUT2D eigenvalue weighted by atomic mass is 16.5. The zero-order valence-corrected chi connectivity index (χ0v) is 8.15. The average Bonchev–Trinajstić information content (AvgIpc) is 2.19. The van der Waals surface area contributed by atoms with E-state index in [1.54, 1.807) is 6.20 Å². The summed E-state index contributed by atoms with van der Waals surface area (Å²) in [6.45, 7) is 1.75. The first-order chi connectivity index (χ1) is 6.84. The lowest BCUT2D eigenvalue weighted by Gasteiger charge is -2.21. The average molecular weight is 193 g/mol. The summed E-state index contributed by atoms with van der Waals surface area (Å²) in [5.41, 5.74) is 7.33. The molecule has 14 heavy (non-hydrogen) atoms. The van der Waals surface area contributed by atoms with Crippen molar-refractivity contribution < 1.29 is 4.74 Å². The summed E-state index contributed by atoms with van der Waals surface area (Å²) in [5, 5.41) is 7.91. The van der Waals surface area contributed by atoms with Gasteiger partial charge in [0, 0.05) is 13.2 Å². The molecule has 0 aromatic carbocycles. The van der Waals surface area contributed by atoms with Gasteiger partial charge in [-0.2, -0.15) is 10.2 Å². The first kappa shape index (κ1) is 9.40. The molecule has 76 valence electrons. The minimum absolute atomic E-state index is 0.680. The SMILES string of the molecule is Nc1cnnc(CC2CCOCC2)c1. The topological polar surface area (TPSA) is 61.0 Å². The Morgan fingerprint density at radius 2 is 2.21 bits per heavy atom. The van der Waals surface area contributed by atoms with Crippen LogP contribution < -0.4 is 5.73 Å². The highest BCUT2D eigenvalue weighted by molar-refractivity contribution is 5.34. The number of aromatic nitrogens is 2. The lowest BCUT2D eigenvalue weighted by atomic mass is 9.95. The van der Waals surface area contributed by atoms with E-state index < -0.39 is 0 Å². The molecular formula is C10H15N3O. The van der Waals surface area contributed by atoms with Crippen molar-refractivity contribution in [2.24, 2.45) is 5.92 Å². The standard InChI is InChI=1S/C10H15N3O/c11-9-6-10(13-12-7-9)5-8-1-3-14-4-2-8/h6-8H,1-5H2,(H2,11,13). The molecule has 1 aromatic rings. The number of anilines is 1. The van der Waals surface area contributed by atoms with E-state index in [0.29, 0.717) is 11.6 Å². The van der Waals surface area contributed by atoms with Gasteiger partial charge in [-0.05, 0) is 31.2 Å². The van der Waals surface area contributed by atoms with Crippen LogP contribution in [0.2, 0.25) is 0 Å². The Morgan fingerprint density at radius 1 is 1.43 bits per heavy atom. The Morgan fingerprint density at radius 3 is 2.93 bits per heavy atom. The predicted molar refractivity (Wildman–Crippen MR) is 53.7 cm³/mol. The van der Waals surface area contributed by atoms with Gasteiger partial charge in [-0.15, -0.1) is 0 Å². The predicted octanol–water partition coefficient (Wildman–Crippen LogP) is 1.03. The van der Waals surface area contributed by atoms with Crippen LogP contribution >= 0.6 is 0 Å². The highest BCUT2D eigenvalue weighted by Crippen LogP contribution is 2.19. The molecule has 0 amide bonds. The molecule has 2 rings (SSSR count). The fourth-order valence-electron chi connectivity index (χ4n) is 1.77. The molecule has 4 heteroatoms. The summed E-state index contributed by atoms with van der Waals surface area (Å²) in [4.78, 5) is 0. The number of ether oxygens (including phenoxy) is 1. The van der Waals surface area contributed by atoms with Gasteiger partial charge in [-0.1, -0.05) is 0 Å². The summed E-state index contributed by atoms with van der Waals surface area (Å²) >= 11 is 0. The zero-order chi connectivity index (χ0) is 9.80. The quantitative estimate of drug-likeness (QED) is 0.762. The molecule has 0 atom stereocenters. The van der Waals surface area contributed by atoms with Gasteiger partial charge in [0.1, 0.15) is 0 Å². The Bertz CT molecular complexity index is 297. The van der Waals surface area contributed by atoms with E-state index in [1.807, 2.05) is 6.07 Å². The molecule has 1 fully saturated rings. The third-order valence-corrected chi connectivity index (χ3v) is 2.56. The van der Waals surface area contributed by atoms with Crippen molar-refractivity contribution in [3.05, 3.63) is 18.0 Å². The van der Waals surface area contributed by atoms with Crippen LogP contribution in [0.25, 0.3) is 0 Å². The molecule has 0 radical (unpaired) electrons. The van der Waals surface area contributed by atoms with Gasteiger partial charge < -0.3 is 10.5 Å². The van der Waals surface area contributed by atoms with Gasteiger partial charge in [-0.3, -0.25) is 0 Å². The van der Waals surface area contributed by atoms with E-state index in [1.165, 1.54) is 0 Å². The molecule has 0 bridgehead atoms. The number of nitrogens with zero attached hydrogens (tertiary/aromatic N) is 2. The summed E-state index contributed by atoms with van der Waals surface area (Å²) in [5.74, 6) is 0.680. The van der Waals surface area contributed by atoms with Crippen molar-refractivity contribution in [3.63, 3.8) is 0 Å². The number of nitrogens with two attached hydrogens (primary N) is 1. The smallest absolute Gasteiger partial charge is 0.0726 e. The molecule has 1 aliphatic rings. The van der Waals surface area contributed by atoms with E-state index in [9.17, 15) is 0 Å². The Kier molecular flexibility index (Phi) is 2.93. The second kappa shape index (κ2) is 4.37. The fourth-order valence-corrected chi connectivity index (χ4v) is 1.77. The molecule has 1 saturated heterocycles. The van der Waals surface area contributed by atoms with Crippen LogP contribution in [0.15, 0.2) is 12.3 Å². The molecule has 1 aliphatic heterocycles. The lowest BCUT2D eigenvalue weighted by molar-refractivity contribution is 0.0662. The van der Waals surface area contributed by atoms with Crippen molar-refractivity contribution in [1.29, 1.82) is 0 Å². The third-order valence-electron chi connectivity index (χ3n) is 2.56. The minimum Gasteiger partial charge on any atom is -0.397 e. The number of nitrogen functional groups attached to an aromatic ring is 1. The van der Waals surface area contributed by atoms with E-state index in [-0.39, 0.29) is 0 Å². The second-order valence-corrected chi connectivity index (χ2v) is 3.74. The highest BCUT2D eigenvalue weighted by Gasteiger charge is 2.14. The van der Waals surface area contributed by atoms with Crippen molar-refractivity contribution >= 4 is 5.69 Å². The van der Waals surface area contributed by atoms with Gasteiger partial charge in [0.15, 0.2) is 0 Å². The van der Waals surface area contributed by atoms with Crippen LogP contribution in [0.4, 0.5) is 5.69 Å². The van der Waals surface area contributed by atoms with Gasteiger partial charge in [0.2, 0.25) is 0 Å². The minimum atomic E-state index is 0.680. The largest absolute Gasteiger partial charge is 0.397 e. The number of hydrogen-bond donors (Lipinski definition) is 1. The molecule has 0 aliphatic carbocycles. The van der Waals surface area contributed by atoms with E-state index in [2.05, 4.69) is 10.2 Å². The zero-order valence-electron chi connectivity index (χ0n) is 8.15. The molecular weight excluding hydrogens is 178 g/mol. The van der Waals surface area contributed by atoms with Crippen LogP contribution in [-0.2, 0) is 11.2 Å². The summed E-state index contributed by atoms with van der Waals surface area (Å²) in [7, 11) is 0. The number of rotatable bonds is 2. The monoisotopic (exact) mass is 193 g/mol. The van der Waals surface area contributed by atoms with Crippen LogP contribution in [0.1, 0.15) is 18.5 Å². The van der Waals surface area contributed by atoms with Crippen molar-refractivity contribution in [3.8, 4) is 0 Å². The number of hydrogen-bond acceptors (Lipinski definition) is 4. The maximum atomic E-state index is 5.64. The normalized spacial score (nSPS) is 18.3. The first-order valence-electron chi connectivity index (χ1n) is 4.99. The second-order valence-electron chi connectivity index (χ2n) is 3.74. The summed E-state index contributed by atoms with van der Waals surface area (Å²) in [6, 6.07) is 1.91. The van der Waals surface area contributed by atoms with Crippen molar-refractivity contribution in [2.45, 2.75) is 19.3 Å². The summed E-state index contributed by atoms with van der Waals surface area (Å²) < 4.78 is 5.30. The summed E-state index contributed by atoms with van der Waals surface area (Å²) in [6.07, 6.45) is 4.79. The molecule has 1 aromatic heterocycles. The van der Waals surface area contributed by atoms with E-state index in [4.69, 9.17) is 10.5 Å². The maximum absolute atomic E-state index is 5.64. The Hall–Kier alpha value is -1.16. The van der Waals surface area contributed by atoms with Crippen LogP contribution in [0, 0.1) is 5.92 Å². The molecule has 2 N–H and O–H groups in total. The van der Waals surface area contributed by atoms with Gasteiger partial charge in [0.25, 0.3) is 0 Å². The van der Waals surface area contributed by atoms with Crippen molar-refractivity contribution in [1.82, 2.24) is 10.2 Å². The van der Waals surface area contributed by atoms with E-state index >= 15 is 0 Å². The van der Waals surface area contributed by atoms with Gasteiger partial charge in [0.05, 0.1) is 17.6 Å². The molecule has 0 spiro atoms. The van der Waals surface area contributed by atoms with Crippen molar-refractivity contribution in [2.75, 3.05) is 18.9 Å². The third kappa shape index (κ3) is 2.42. The molecule has 2 heterocycles. The maximum Gasteiger partial charge on any atom is 0.0726 e. The molecule has 0 saturated carbocycles. The Labute approximate surface area is 83.5 Å². The molecule has 0 unspecified atom stereocenters. The van der Waals surface area contributed by atoms with Crippen LogP contribution in [0.5, 0.6) is 0 Å². The fraction of sp³-hybridized carbons (Fsp3) is 0.600. The van der Waals surface area contributed by atoms with Gasteiger partial charge >= 0.3 is 0 Å². The van der Waals surface area contributed by atoms with Gasteiger partial charge in [-0.25, -0.2) is 0 Å². The van der Waals surface area contributed by atoms with Crippen LogP contribution in [0.3, 0.4) is 0 Å². The lowest BCUT2D eigenvalue weighted by Crippen LogP contribution is -2.18. The van der Waals surface area contributed by atoms with Crippen LogP contribution in [-0.4, -0.2) is 23.4 Å². The Balaban J connectivity index is 1.95. The first-order valence-corrected chi connectivity index (χ1v) is 4.99.